The minimum absolute atomic E-state index is 0.0618. The highest BCUT2D eigenvalue weighted by molar-refractivity contribution is 5.90. The van der Waals surface area contributed by atoms with Crippen LogP contribution in [0.4, 0.5) is 0 Å². The zero-order chi connectivity index (χ0) is 37.3. The molecule has 0 aromatic heterocycles. The van der Waals surface area contributed by atoms with Crippen LogP contribution < -0.4 is 5.32 Å². The molecule has 1 atom stereocenters. The number of carbonyl (C=O) groups is 2. The zero-order valence-electron chi connectivity index (χ0n) is 33.6. The Balaban J connectivity index is 1.69. The Bertz CT molecular complexity index is 1490. The van der Waals surface area contributed by atoms with Gasteiger partial charge in [-0.15, -0.1) is 0 Å². The molecule has 0 saturated carbocycles. The van der Waals surface area contributed by atoms with Crippen LogP contribution in [0.1, 0.15) is 140 Å². The van der Waals surface area contributed by atoms with Gasteiger partial charge in [0.2, 0.25) is 5.91 Å². The number of hydrogen-bond donors (Lipinski definition) is 1. The Morgan fingerprint density at radius 3 is 1.66 bits per heavy atom. The predicted octanol–water partition coefficient (Wildman–Crippen LogP) is 12.9. The Morgan fingerprint density at radius 2 is 1.18 bits per heavy atom. The number of unbranched alkanes of at least 4 members (excludes halogenated alkanes) is 1. The normalized spacial score (nSPS) is 20.2. The van der Waals surface area contributed by atoms with E-state index < -0.39 is 0 Å². The van der Waals surface area contributed by atoms with Crippen molar-refractivity contribution >= 4 is 11.7 Å². The lowest BCUT2D eigenvalue weighted by atomic mass is 9.72. The number of ketones is 1. The first-order chi connectivity index (χ1) is 23.5. The van der Waals surface area contributed by atoms with Gasteiger partial charge in [0.15, 0.2) is 5.78 Å². The number of rotatable bonds is 17. The van der Waals surface area contributed by atoms with Gasteiger partial charge in [-0.3, -0.25) is 9.59 Å². The van der Waals surface area contributed by atoms with E-state index in [0.717, 1.165) is 30.4 Å². The molecule has 1 N–H and O–H groups in total. The number of nitrogens with one attached hydrogen (secondary N) is 1. The van der Waals surface area contributed by atoms with Crippen LogP contribution in [0, 0.1) is 16.7 Å². The molecular weight excluding hydrogens is 611 g/mol. The predicted molar refractivity (Wildman–Crippen MR) is 218 cm³/mol. The summed E-state index contributed by atoms with van der Waals surface area (Å²) in [5, 5.41) is 3.00. The van der Waals surface area contributed by atoms with Crippen LogP contribution in [-0.4, -0.2) is 18.2 Å². The number of hydrogen-bond acceptors (Lipinski definition) is 2. The molecule has 0 spiro atoms. The van der Waals surface area contributed by atoms with E-state index >= 15 is 0 Å². The summed E-state index contributed by atoms with van der Waals surface area (Å²) in [5.74, 6) is 0.424. The molecule has 0 saturated heterocycles. The van der Waals surface area contributed by atoms with Crippen molar-refractivity contribution in [2.75, 3.05) is 6.54 Å². The first-order valence-electron chi connectivity index (χ1n) is 19.1. The number of amides is 1. The maximum absolute atomic E-state index is 12.6. The van der Waals surface area contributed by atoms with Gasteiger partial charge in [-0.2, -0.15) is 0 Å². The van der Waals surface area contributed by atoms with E-state index in [1.807, 2.05) is 38.2 Å². The average Bonchev–Trinajstić information content (AvgIpc) is 2.99. The molecule has 0 aliphatic heterocycles. The second-order valence-corrected chi connectivity index (χ2v) is 16.4. The highest BCUT2D eigenvalue weighted by Crippen LogP contribution is 2.41. The molecule has 2 rings (SSSR count). The molecule has 3 nitrogen and oxygen atoms in total. The summed E-state index contributed by atoms with van der Waals surface area (Å²) in [6, 6.07) is 0. The lowest BCUT2D eigenvalue weighted by Crippen LogP contribution is -2.22. The van der Waals surface area contributed by atoms with Crippen molar-refractivity contribution in [3.8, 4) is 0 Å². The number of allylic oxidation sites excluding steroid dienone is 19. The van der Waals surface area contributed by atoms with Crippen LogP contribution in [0.2, 0.25) is 0 Å². The third kappa shape index (κ3) is 16.0. The molecule has 50 heavy (non-hydrogen) atoms. The first kappa shape index (κ1) is 42.7. The zero-order valence-corrected chi connectivity index (χ0v) is 33.6. The van der Waals surface area contributed by atoms with E-state index in [2.05, 4.69) is 104 Å². The molecule has 2 aliphatic carbocycles. The highest BCUT2D eigenvalue weighted by Gasteiger charge is 2.27. The molecule has 0 aromatic rings. The van der Waals surface area contributed by atoms with Gasteiger partial charge in [0, 0.05) is 19.0 Å². The van der Waals surface area contributed by atoms with Crippen molar-refractivity contribution in [1.29, 1.82) is 0 Å². The van der Waals surface area contributed by atoms with Crippen molar-refractivity contribution in [1.82, 2.24) is 5.32 Å². The summed E-state index contributed by atoms with van der Waals surface area (Å²) in [6.45, 7) is 24.8. The summed E-state index contributed by atoms with van der Waals surface area (Å²) >= 11 is 0. The van der Waals surface area contributed by atoms with Gasteiger partial charge in [-0.25, -0.2) is 0 Å². The average molecular weight is 680 g/mol. The first-order valence-corrected chi connectivity index (χ1v) is 19.1. The minimum atomic E-state index is -0.0618. The fraction of sp³-hybridized carbons (Fsp3) is 0.532. The Kier molecular flexibility index (Phi) is 18.0. The van der Waals surface area contributed by atoms with Crippen molar-refractivity contribution in [3.05, 3.63) is 117 Å². The summed E-state index contributed by atoms with van der Waals surface area (Å²) in [5.41, 5.74) is 10.7. The van der Waals surface area contributed by atoms with Crippen LogP contribution in [-0.2, 0) is 9.59 Å². The van der Waals surface area contributed by atoms with E-state index in [4.69, 9.17) is 0 Å². The van der Waals surface area contributed by atoms with E-state index in [9.17, 15) is 9.59 Å². The Morgan fingerprint density at radius 1 is 0.700 bits per heavy atom. The largest absolute Gasteiger partial charge is 0.353 e. The Labute approximate surface area is 306 Å². The van der Waals surface area contributed by atoms with Crippen molar-refractivity contribution in [2.24, 2.45) is 16.7 Å². The quantitative estimate of drug-likeness (QED) is 0.0945. The summed E-state index contributed by atoms with van der Waals surface area (Å²) in [4.78, 5) is 25.0. The summed E-state index contributed by atoms with van der Waals surface area (Å²) in [6.07, 6.45) is 35.5. The molecule has 0 heterocycles. The van der Waals surface area contributed by atoms with E-state index in [0.29, 0.717) is 18.9 Å². The second kappa shape index (κ2) is 21.0. The minimum Gasteiger partial charge on any atom is -0.353 e. The van der Waals surface area contributed by atoms with Gasteiger partial charge in [0.05, 0.1) is 0 Å². The molecule has 0 unspecified atom stereocenters. The van der Waals surface area contributed by atoms with Crippen LogP contribution in [0.5, 0.6) is 0 Å². The maximum Gasteiger partial charge on any atom is 0.244 e. The molecule has 0 fully saturated rings. The summed E-state index contributed by atoms with van der Waals surface area (Å²) in [7, 11) is 0. The number of carbonyl (C=O) groups excluding carboxylic acids is 2. The van der Waals surface area contributed by atoms with Gasteiger partial charge >= 0.3 is 0 Å². The van der Waals surface area contributed by atoms with E-state index in [1.165, 1.54) is 72.0 Å². The van der Waals surface area contributed by atoms with Gasteiger partial charge in [0.1, 0.15) is 0 Å². The fourth-order valence-electron chi connectivity index (χ4n) is 7.21. The molecule has 0 radical (unpaired) electrons. The Hall–Kier alpha value is -3.46. The molecule has 3 heteroatoms. The lowest BCUT2D eigenvalue weighted by molar-refractivity contribution is -0.116. The molecule has 0 aromatic carbocycles. The monoisotopic (exact) mass is 680 g/mol. The van der Waals surface area contributed by atoms with Gasteiger partial charge < -0.3 is 5.32 Å². The SMILES string of the molecule is CC1=C(/C=C/C(C)=C/C=C/C(C)=C/C(=O)C[C@H](C)CCCCNC(=O)/C=C(C)/C=C/C=C(C)/C=C/C2=C(C)CCCC2(C)C)C(C)(C)CCC1. The molecule has 274 valence electrons. The fourth-order valence-corrected chi connectivity index (χ4v) is 7.21. The summed E-state index contributed by atoms with van der Waals surface area (Å²) < 4.78 is 0. The van der Waals surface area contributed by atoms with Crippen molar-refractivity contribution in [2.45, 2.75) is 140 Å². The van der Waals surface area contributed by atoms with Crippen LogP contribution >= 0.6 is 0 Å². The molecule has 1 amide bonds. The van der Waals surface area contributed by atoms with Crippen LogP contribution in [0.3, 0.4) is 0 Å². The topological polar surface area (TPSA) is 46.2 Å². The van der Waals surface area contributed by atoms with E-state index in [1.54, 1.807) is 12.2 Å². The van der Waals surface area contributed by atoms with Gasteiger partial charge in [0.25, 0.3) is 0 Å². The van der Waals surface area contributed by atoms with E-state index in [-0.39, 0.29) is 22.5 Å². The lowest BCUT2D eigenvalue weighted by Gasteiger charge is -2.33. The smallest absolute Gasteiger partial charge is 0.244 e. The second-order valence-electron chi connectivity index (χ2n) is 16.4. The van der Waals surface area contributed by atoms with Gasteiger partial charge in [-0.05, 0) is 132 Å². The third-order valence-corrected chi connectivity index (χ3v) is 10.3. The van der Waals surface area contributed by atoms with Crippen molar-refractivity contribution in [3.63, 3.8) is 0 Å². The standard InChI is InChI=1S/C47H69NO2/c1-35(25-27-43-40(6)23-16-29-46(43,8)9)19-14-21-38(4)33-42(49)32-37(3)18-12-13-31-48-45(50)34-39(5)22-15-20-36(2)26-28-44-41(7)24-17-30-47(44,10)11/h14-15,19-22,25-28,33-34,37H,12-13,16-18,23-24,29-32H2,1-11H3,(H,48,50)/b21-14+,22-15+,27-25+,28-26+,35-19+,36-20+,38-33+,39-34+/t37-/m1/s1. The maximum atomic E-state index is 12.6. The highest BCUT2D eigenvalue weighted by atomic mass is 16.1. The molecule has 2 aliphatic rings. The van der Waals surface area contributed by atoms with Gasteiger partial charge in [-0.1, -0.05) is 131 Å². The third-order valence-electron chi connectivity index (χ3n) is 10.3. The molecule has 0 bridgehead atoms. The van der Waals surface area contributed by atoms with Crippen LogP contribution in [0.25, 0.3) is 0 Å². The molecular formula is C47H69NO2. The van der Waals surface area contributed by atoms with Crippen molar-refractivity contribution < 1.29 is 9.59 Å². The van der Waals surface area contributed by atoms with Crippen LogP contribution in [0.15, 0.2) is 117 Å².